The monoisotopic (exact) mass is 322 g/mol. The first-order chi connectivity index (χ1) is 11.6. The fraction of sp³-hybridized carbons (Fsp3) is 0.158. The van der Waals surface area contributed by atoms with Gasteiger partial charge in [0, 0.05) is 5.69 Å². The Kier molecular flexibility index (Phi) is 5.58. The predicted molar refractivity (Wildman–Crippen MR) is 92.9 cm³/mol. The summed E-state index contributed by atoms with van der Waals surface area (Å²) in [5.41, 5.74) is 2.30. The van der Waals surface area contributed by atoms with Gasteiger partial charge in [-0.3, -0.25) is 4.79 Å². The molecule has 0 atom stereocenters. The lowest BCUT2D eigenvalue weighted by molar-refractivity contribution is -0.112. The van der Waals surface area contributed by atoms with Gasteiger partial charge in [-0.25, -0.2) is 0 Å². The first-order valence-electron chi connectivity index (χ1n) is 7.29. The molecule has 0 aliphatic rings. The Morgan fingerprint density at radius 1 is 1.12 bits per heavy atom. The fourth-order valence-corrected chi connectivity index (χ4v) is 2.18. The molecule has 0 unspecified atom stereocenters. The van der Waals surface area contributed by atoms with Crippen molar-refractivity contribution in [2.24, 2.45) is 0 Å². The summed E-state index contributed by atoms with van der Waals surface area (Å²) in [7, 11) is 3.17. The molecule has 0 bridgehead atoms. The average Bonchev–Trinajstić information content (AvgIpc) is 2.60. The topological polar surface area (TPSA) is 71.3 Å². The largest absolute Gasteiger partial charge is 0.497 e. The summed E-state index contributed by atoms with van der Waals surface area (Å²) in [6.45, 7) is 1.90. The van der Waals surface area contributed by atoms with Gasteiger partial charge in [0.2, 0.25) is 0 Å². The van der Waals surface area contributed by atoms with Crippen LogP contribution in [0.3, 0.4) is 0 Å². The molecule has 0 radical (unpaired) electrons. The predicted octanol–water partition coefficient (Wildman–Crippen LogP) is 3.56. The van der Waals surface area contributed by atoms with Crippen molar-refractivity contribution in [3.05, 3.63) is 59.2 Å². The highest BCUT2D eigenvalue weighted by Gasteiger charge is 2.10. The third-order valence-corrected chi connectivity index (χ3v) is 3.44. The van der Waals surface area contributed by atoms with E-state index < -0.39 is 5.91 Å². The number of methoxy groups -OCH3 is 2. The molecule has 1 N–H and O–H groups in total. The molecule has 122 valence electrons. The second kappa shape index (κ2) is 7.84. The van der Waals surface area contributed by atoms with Crippen molar-refractivity contribution >= 4 is 17.7 Å². The van der Waals surface area contributed by atoms with Crippen LogP contribution in [-0.4, -0.2) is 20.1 Å². The quantitative estimate of drug-likeness (QED) is 0.675. The van der Waals surface area contributed by atoms with Crippen LogP contribution in [0.2, 0.25) is 0 Å². The van der Waals surface area contributed by atoms with E-state index in [1.807, 2.05) is 19.1 Å². The van der Waals surface area contributed by atoms with E-state index in [1.165, 1.54) is 0 Å². The van der Waals surface area contributed by atoms with Crippen LogP contribution in [0, 0.1) is 18.3 Å². The number of carbonyl (C=O) groups is 1. The number of anilines is 1. The van der Waals surface area contributed by atoms with Gasteiger partial charge in [0.05, 0.1) is 14.2 Å². The lowest BCUT2D eigenvalue weighted by Gasteiger charge is -2.07. The highest BCUT2D eigenvalue weighted by Crippen LogP contribution is 2.21. The van der Waals surface area contributed by atoms with Crippen molar-refractivity contribution in [3.8, 4) is 17.6 Å². The Balaban J connectivity index is 2.18. The second-order valence-corrected chi connectivity index (χ2v) is 5.08. The summed E-state index contributed by atoms with van der Waals surface area (Å²) in [4.78, 5) is 12.3. The zero-order chi connectivity index (χ0) is 17.5. The zero-order valence-corrected chi connectivity index (χ0v) is 13.8. The smallest absolute Gasteiger partial charge is 0.266 e. The van der Waals surface area contributed by atoms with Crippen molar-refractivity contribution in [3.63, 3.8) is 0 Å². The summed E-state index contributed by atoms with van der Waals surface area (Å²) in [6.07, 6.45) is 1.55. The summed E-state index contributed by atoms with van der Waals surface area (Å²) in [5, 5.41) is 12.0. The van der Waals surface area contributed by atoms with Crippen LogP contribution in [0.5, 0.6) is 11.5 Å². The van der Waals surface area contributed by atoms with Gasteiger partial charge < -0.3 is 14.8 Å². The molecule has 0 heterocycles. The van der Waals surface area contributed by atoms with Gasteiger partial charge >= 0.3 is 0 Å². The molecular weight excluding hydrogens is 304 g/mol. The zero-order valence-electron chi connectivity index (χ0n) is 13.8. The molecule has 24 heavy (non-hydrogen) atoms. The van der Waals surface area contributed by atoms with Gasteiger partial charge in [-0.2, -0.15) is 5.26 Å². The van der Waals surface area contributed by atoms with Crippen LogP contribution in [-0.2, 0) is 4.79 Å². The van der Waals surface area contributed by atoms with Crippen LogP contribution in [0.1, 0.15) is 11.1 Å². The van der Waals surface area contributed by atoms with E-state index in [-0.39, 0.29) is 5.57 Å². The maximum Gasteiger partial charge on any atom is 0.266 e. The van der Waals surface area contributed by atoms with Gasteiger partial charge in [-0.15, -0.1) is 0 Å². The molecule has 0 aliphatic carbocycles. The Labute approximate surface area is 141 Å². The molecule has 5 heteroatoms. The summed E-state index contributed by atoms with van der Waals surface area (Å²) < 4.78 is 10.3. The van der Waals surface area contributed by atoms with Gasteiger partial charge in [0.15, 0.2) is 0 Å². The molecule has 2 rings (SSSR count). The van der Waals surface area contributed by atoms with Crippen LogP contribution >= 0.6 is 0 Å². The van der Waals surface area contributed by atoms with E-state index in [2.05, 4.69) is 5.32 Å². The maximum absolute atomic E-state index is 12.3. The number of amides is 1. The number of nitrogens with one attached hydrogen (secondary N) is 1. The van der Waals surface area contributed by atoms with E-state index in [0.29, 0.717) is 11.4 Å². The van der Waals surface area contributed by atoms with E-state index in [9.17, 15) is 10.1 Å². The number of benzene rings is 2. The summed E-state index contributed by atoms with van der Waals surface area (Å²) in [6, 6.07) is 14.3. The van der Waals surface area contributed by atoms with Crippen LogP contribution in [0.4, 0.5) is 5.69 Å². The number of aryl methyl sites for hydroxylation is 1. The maximum atomic E-state index is 12.3. The number of hydrogen-bond acceptors (Lipinski definition) is 4. The van der Waals surface area contributed by atoms with Gasteiger partial charge in [-0.05, 0) is 60.5 Å². The normalized spacial score (nSPS) is 10.7. The van der Waals surface area contributed by atoms with Gasteiger partial charge in [-0.1, -0.05) is 6.07 Å². The van der Waals surface area contributed by atoms with Crippen LogP contribution in [0.25, 0.3) is 6.08 Å². The highest BCUT2D eigenvalue weighted by molar-refractivity contribution is 6.09. The van der Waals surface area contributed by atoms with E-state index in [4.69, 9.17) is 9.47 Å². The highest BCUT2D eigenvalue weighted by atomic mass is 16.5. The molecule has 0 saturated heterocycles. The standard InChI is InChI=1S/C19H18N2O3/c1-13-10-14(4-9-18(13)24-3)11-15(12-20)19(22)21-16-5-7-17(23-2)8-6-16/h4-11H,1-3H3,(H,21,22)/b15-11-. The van der Waals surface area contributed by atoms with Crippen molar-refractivity contribution in [1.29, 1.82) is 5.26 Å². The molecule has 2 aromatic rings. The molecule has 0 aromatic heterocycles. The molecule has 2 aromatic carbocycles. The van der Waals surface area contributed by atoms with Crippen molar-refractivity contribution in [2.45, 2.75) is 6.92 Å². The molecule has 0 fully saturated rings. The number of ether oxygens (including phenoxy) is 2. The molecule has 1 amide bonds. The summed E-state index contributed by atoms with van der Waals surface area (Å²) in [5.74, 6) is 0.988. The number of nitriles is 1. The fourth-order valence-electron chi connectivity index (χ4n) is 2.18. The van der Waals surface area contributed by atoms with Crippen LogP contribution in [0.15, 0.2) is 48.0 Å². The third kappa shape index (κ3) is 4.14. The summed E-state index contributed by atoms with van der Waals surface area (Å²) >= 11 is 0. The Hall–Kier alpha value is -3.26. The minimum atomic E-state index is -0.462. The molecule has 5 nitrogen and oxygen atoms in total. The van der Waals surface area contributed by atoms with Crippen molar-refractivity contribution < 1.29 is 14.3 Å². The van der Waals surface area contributed by atoms with E-state index in [0.717, 1.165) is 16.9 Å². The lowest BCUT2D eigenvalue weighted by atomic mass is 10.1. The Bertz CT molecular complexity index is 802. The first kappa shape index (κ1) is 17.1. The number of rotatable bonds is 5. The minimum Gasteiger partial charge on any atom is -0.497 e. The van der Waals surface area contributed by atoms with Crippen molar-refractivity contribution in [2.75, 3.05) is 19.5 Å². The number of nitrogens with zero attached hydrogens (tertiary/aromatic N) is 1. The molecular formula is C19H18N2O3. The molecule has 0 spiro atoms. The Morgan fingerprint density at radius 3 is 2.38 bits per heavy atom. The number of hydrogen-bond donors (Lipinski definition) is 1. The van der Waals surface area contributed by atoms with E-state index >= 15 is 0 Å². The van der Waals surface area contributed by atoms with Crippen LogP contribution < -0.4 is 14.8 Å². The second-order valence-electron chi connectivity index (χ2n) is 5.08. The average molecular weight is 322 g/mol. The molecule has 0 saturated carbocycles. The number of carbonyl (C=O) groups excluding carboxylic acids is 1. The third-order valence-electron chi connectivity index (χ3n) is 3.44. The Morgan fingerprint density at radius 2 is 1.83 bits per heavy atom. The first-order valence-corrected chi connectivity index (χ1v) is 7.29. The van der Waals surface area contributed by atoms with Gasteiger partial charge in [0.25, 0.3) is 5.91 Å². The molecule has 0 aliphatic heterocycles. The minimum absolute atomic E-state index is 0.0235. The van der Waals surface area contributed by atoms with Crippen molar-refractivity contribution in [1.82, 2.24) is 0 Å². The lowest BCUT2D eigenvalue weighted by Crippen LogP contribution is -2.13. The van der Waals surface area contributed by atoms with Gasteiger partial charge in [0.1, 0.15) is 23.1 Å². The van der Waals surface area contributed by atoms with E-state index in [1.54, 1.807) is 56.7 Å². The SMILES string of the molecule is COc1ccc(NC(=O)/C(C#N)=C\c2ccc(OC)c(C)c2)cc1.